The van der Waals surface area contributed by atoms with E-state index >= 15 is 0 Å². The average molecular weight is 395 g/mol. The third kappa shape index (κ3) is 3.71. The highest BCUT2D eigenvalue weighted by Crippen LogP contribution is 2.45. The maximum Gasteiger partial charge on any atom is 0.235 e. The lowest BCUT2D eigenvalue weighted by Crippen LogP contribution is -2.40. The summed E-state index contributed by atoms with van der Waals surface area (Å²) in [6, 6.07) is 9.34. The van der Waals surface area contributed by atoms with Crippen LogP contribution in [0.1, 0.15) is 18.4 Å². The van der Waals surface area contributed by atoms with Crippen molar-refractivity contribution in [3.8, 4) is 17.2 Å². The number of phenolic OH excluding ortho intramolecular Hbond substituents is 1. The number of carbonyl (C=O) groups excluding carboxylic acids is 2. The Bertz CT molecular complexity index is 881. The number of primary amides is 1. The van der Waals surface area contributed by atoms with Crippen molar-refractivity contribution in [2.24, 2.45) is 11.1 Å². The SMILES string of the molecule is NC(=O)C1(C(=O)NCc2ccc(Oc3ccc(O)cc3Cl)cc2Cl)CC1. The second-order valence-corrected chi connectivity index (χ2v) is 6.91. The number of hydrogen-bond acceptors (Lipinski definition) is 4. The molecule has 1 fully saturated rings. The largest absolute Gasteiger partial charge is 0.508 e. The quantitative estimate of drug-likeness (QED) is 0.653. The second-order valence-electron chi connectivity index (χ2n) is 6.10. The summed E-state index contributed by atoms with van der Waals surface area (Å²) in [5.74, 6) is -0.115. The van der Waals surface area contributed by atoms with Gasteiger partial charge in [0.1, 0.15) is 22.7 Å². The number of phenols is 1. The minimum absolute atomic E-state index is 0.0378. The number of aromatic hydroxyl groups is 1. The van der Waals surface area contributed by atoms with E-state index in [4.69, 9.17) is 33.7 Å². The number of rotatable bonds is 6. The van der Waals surface area contributed by atoms with Crippen molar-refractivity contribution in [2.45, 2.75) is 19.4 Å². The summed E-state index contributed by atoms with van der Waals surface area (Å²) in [5, 5.41) is 12.7. The highest BCUT2D eigenvalue weighted by Gasteiger charge is 2.55. The van der Waals surface area contributed by atoms with Crippen LogP contribution in [0.2, 0.25) is 10.0 Å². The number of carbonyl (C=O) groups is 2. The molecule has 0 aliphatic heterocycles. The van der Waals surface area contributed by atoms with Gasteiger partial charge in [-0.2, -0.15) is 0 Å². The Morgan fingerprint density at radius 3 is 2.46 bits per heavy atom. The van der Waals surface area contributed by atoms with E-state index in [1.165, 1.54) is 12.1 Å². The molecule has 0 spiro atoms. The van der Waals surface area contributed by atoms with E-state index < -0.39 is 11.3 Å². The van der Waals surface area contributed by atoms with Gasteiger partial charge in [-0.15, -0.1) is 0 Å². The van der Waals surface area contributed by atoms with Crippen LogP contribution in [0.3, 0.4) is 0 Å². The molecule has 2 amide bonds. The lowest BCUT2D eigenvalue weighted by molar-refractivity contribution is -0.135. The summed E-state index contributed by atoms with van der Waals surface area (Å²) in [4.78, 5) is 23.5. The van der Waals surface area contributed by atoms with Crippen LogP contribution in [-0.4, -0.2) is 16.9 Å². The fourth-order valence-electron chi connectivity index (χ4n) is 2.49. The number of nitrogens with one attached hydrogen (secondary N) is 1. The molecular weight excluding hydrogens is 379 g/mol. The van der Waals surface area contributed by atoms with E-state index in [9.17, 15) is 14.7 Å². The maximum absolute atomic E-state index is 12.1. The predicted octanol–water partition coefficient (Wildman–Crippen LogP) is 3.37. The van der Waals surface area contributed by atoms with Crippen LogP contribution in [0, 0.1) is 5.41 Å². The highest BCUT2D eigenvalue weighted by molar-refractivity contribution is 6.32. The van der Waals surface area contributed by atoms with Crippen LogP contribution in [0.25, 0.3) is 0 Å². The molecule has 1 saturated carbocycles. The summed E-state index contributed by atoms with van der Waals surface area (Å²) >= 11 is 12.2. The molecule has 1 aliphatic carbocycles. The number of hydrogen-bond donors (Lipinski definition) is 3. The van der Waals surface area contributed by atoms with E-state index in [2.05, 4.69) is 5.32 Å². The first-order chi connectivity index (χ1) is 12.3. The van der Waals surface area contributed by atoms with E-state index in [1.54, 1.807) is 24.3 Å². The van der Waals surface area contributed by atoms with Gasteiger partial charge in [0.2, 0.25) is 11.8 Å². The highest BCUT2D eigenvalue weighted by atomic mass is 35.5. The molecule has 2 aromatic carbocycles. The summed E-state index contributed by atoms with van der Waals surface area (Å²) in [5.41, 5.74) is 4.88. The minimum atomic E-state index is -1.06. The van der Waals surface area contributed by atoms with Crippen LogP contribution in [-0.2, 0) is 16.1 Å². The van der Waals surface area contributed by atoms with Crippen molar-refractivity contribution in [3.05, 3.63) is 52.0 Å². The van der Waals surface area contributed by atoms with E-state index in [0.717, 1.165) is 0 Å². The predicted molar refractivity (Wildman–Crippen MR) is 97.4 cm³/mol. The van der Waals surface area contributed by atoms with Crippen LogP contribution in [0.15, 0.2) is 36.4 Å². The Morgan fingerprint density at radius 2 is 1.88 bits per heavy atom. The first-order valence-electron chi connectivity index (χ1n) is 7.85. The van der Waals surface area contributed by atoms with E-state index in [0.29, 0.717) is 34.9 Å². The van der Waals surface area contributed by atoms with Crippen molar-refractivity contribution in [1.29, 1.82) is 0 Å². The van der Waals surface area contributed by atoms with E-state index in [-0.39, 0.29) is 23.2 Å². The van der Waals surface area contributed by atoms with Crippen molar-refractivity contribution in [2.75, 3.05) is 0 Å². The first-order valence-corrected chi connectivity index (χ1v) is 8.60. The molecular formula is C18H16Cl2N2O4. The van der Waals surface area contributed by atoms with Gasteiger partial charge in [-0.25, -0.2) is 0 Å². The van der Waals surface area contributed by atoms with Gasteiger partial charge in [-0.3, -0.25) is 9.59 Å². The van der Waals surface area contributed by atoms with Crippen LogP contribution in [0.5, 0.6) is 17.2 Å². The molecule has 0 heterocycles. The Labute approximate surface area is 159 Å². The maximum atomic E-state index is 12.1. The van der Waals surface area contributed by atoms with Crippen molar-refractivity contribution >= 4 is 35.0 Å². The molecule has 4 N–H and O–H groups in total. The molecule has 0 aromatic heterocycles. The smallest absolute Gasteiger partial charge is 0.235 e. The Hall–Kier alpha value is -2.44. The lowest BCUT2D eigenvalue weighted by Gasteiger charge is -2.13. The molecule has 3 rings (SSSR count). The first kappa shape index (κ1) is 18.4. The molecule has 136 valence electrons. The van der Waals surface area contributed by atoms with Crippen LogP contribution in [0.4, 0.5) is 0 Å². The zero-order valence-electron chi connectivity index (χ0n) is 13.6. The molecule has 6 nitrogen and oxygen atoms in total. The van der Waals surface area contributed by atoms with Gasteiger partial charge >= 0.3 is 0 Å². The third-order valence-corrected chi connectivity index (χ3v) is 4.91. The summed E-state index contributed by atoms with van der Waals surface area (Å²) in [6.45, 7) is 0.174. The van der Waals surface area contributed by atoms with Gasteiger partial charge in [-0.05, 0) is 42.7 Å². The summed E-state index contributed by atoms with van der Waals surface area (Å²) < 4.78 is 5.65. The second kappa shape index (κ2) is 7.05. The molecule has 2 aromatic rings. The fraction of sp³-hybridized carbons (Fsp3) is 0.222. The van der Waals surface area contributed by atoms with Crippen molar-refractivity contribution < 1.29 is 19.4 Å². The summed E-state index contributed by atoms with van der Waals surface area (Å²) in [6.07, 6.45) is 0.949. The zero-order chi connectivity index (χ0) is 18.9. The van der Waals surface area contributed by atoms with Crippen LogP contribution >= 0.6 is 23.2 Å². The van der Waals surface area contributed by atoms with Gasteiger partial charge in [-0.1, -0.05) is 29.3 Å². The monoisotopic (exact) mass is 394 g/mol. The Balaban J connectivity index is 1.66. The molecule has 8 heteroatoms. The number of halogens is 2. The third-order valence-electron chi connectivity index (χ3n) is 4.26. The molecule has 0 unspecified atom stereocenters. The fourth-order valence-corrected chi connectivity index (χ4v) is 2.94. The number of amides is 2. The standard InChI is InChI=1S/C18H16Cl2N2O4/c19-13-8-12(26-15-4-2-11(23)7-14(15)20)3-1-10(13)9-22-17(25)18(5-6-18)16(21)24/h1-4,7-8,23H,5-6,9H2,(H2,21,24)(H,22,25). The molecule has 1 aliphatic rings. The van der Waals surface area contributed by atoms with E-state index in [1.807, 2.05) is 0 Å². The van der Waals surface area contributed by atoms with Gasteiger partial charge in [0.05, 0.1) is 5.02 Å². The normalized spacial score (nSPS) is 14.5. The lowest BCUT2D eigenvalue weighted by atomic mass is 10.1. The number of benzene rings is 2. The van der Waals surface area contributed by atoms with Gasteiger partial charge in [0.15, 0.2) is 0 Å². The van der Waals surface area contributed by atoms with Gasteiger partial charge < -0.3 is 20.9 Å². The van der Waals surface area contributed by atoms with Crippen LogP contribution < -0.4 is 15.8 Å². The minimum Gasteiger partial charge on any atom is -0.508 e. The van der Waals surface area contributed by atoms with Crippen molar-refractivity contribution in [1.82, 2.24) is 5.32 Å². The van der Waals surface area contributed by atoms with Gasteiger partial charge in [0, 0.05) is 17.6 Å². The molecule has 0 atom stereocenters. The molecule has 26 heavy (non-hydrogen) atoms. The topological polar surface area (TPSA) is 102 Å². The van der Waals surface area contributed by atoms with Gasteiger partial charge in [0.25, 0.3) is 0 Å². The molecule has 0 saturated heterocycles. The average Bonchev–Trinajstić information content (AvgIpc) is 3.38. The molecule has 0 bridgehead atoms. The molecule has 0 radical (unpaired) electrons. The Kier molecular flexibility index (Phi) is 4.98. The zero-order valence-corrected chi connectivity index (χ0v) is 15.1. The Morgan fingerprint density at radius 1 is 1.15 bits per heavy atom. The van der Waals surface area contributed by atoms with Crippen molar-refractivity contribution in [3.63, 3.8) is 0 Å². The summed E-state index contributed by atoms with van der Waals surface area (Å²) in [7, 11) is 0. The number of nitrogens with two attached hydrogens (primary N) is 1. The number of ether oxygens (including phenoxy) is 1.